The van der Waals surface area contributed by atoms with Crippen LogP contribution in [0.2, 0.25) is 5.02 Å². The number of halogens is 1. The lowest BCUT2D eigenvalue weighted by Gasteiger charge is -2.19. The van der Waals surface area contributed by atoms with Gasteiger partial charge in [0.25, 0.3) is 0 Å². The highest BCUT2D eigenvalue weighted by atomic mass is 35.5. The average Bonchev–Trinajstić information content (AvgIpc) is 3.19. The molecule has 1 saturated carbocycles. The van der Waals surface area contributed by atoms with E-state index in [0.29, 0.717) is 17.9 Å². The molecule has 0 saturated heterocycles. The maximum Gasteiger partial charge on any atom is 0.326 e. The largest absolute Gasteiger partial charge is 0.481 e. The maximum absolute atomic E-state index is 12.3. The number of carboxylic acid groups (broad SMARTS) is 2. The minimum absolute atomic E-state index is 0.460. The molecule has 0 spiro atoms. The zero-order valence-electron chi connectivity index (χ0n) is 11.0. The molecule has 1 amide bonds. The van der Waals surface area contributed by atoms with Crippen LogP contribution in [0, 0.1) is 0 Å². The number of hydrogen-bond donors (Lipinski definition) is 3. The van der Waals surface area contributed by atoms with Crippen molar-refractivity contribution in [3.63, 3.8) is 0 Å². The molecule has 0 aromatic heterocycles. The van der Waals surface area contributed by atoms with Gasteiger partial charge >= 0.3 is 11.9 Å². The summed E-state index contributed by atoms with van der Waals surface area (Å²) in [5.74, 6) is -3.10. The molecular formula is C14H14ClNO5. The van der Waals surface area contributed by atoms with E-state index in [-0.39, 0.29) is 0 Å². The molecule has 1 unspecified atom stereocenters. The lowest BCUT2D eigenvalue weighted by atomic mass is 9.94. The zero-order chi connectivity index (χ0) is 15.6. The monoisotopic (exact) mass is 311 g/mol. The normalized spacial score (nSPS) is 16.8. The summed E-state index contributed by atoms with van der Waals surface area (Å²) in [7, 11) is 0. The molecule has 6 nitrogen and oxygen atoms in total. The minimum atomic E-state index is -1.43. The second-order valence-electron chi connectivity index (χ2n) is 5.05. The summed E-state index contributed by atoms with van der Waals surface area (Å²) < 4.78 is 0. The Balaban J connectivity index is 2.13. The fourth-order valence-electron chi connectivity index (χ4n) is 2.21. The summed E-state index contributed by atoms with van der Waals surface area (Å²) in [6.07, 6.45) is 0.539. The van der Waals surface area contributed by atoms with Crippen LogP contribution in [0.25, 0.3) is 0 Å². The third-order valence-corrected chi connectivity index (χ3v) is 3.82. The van der Waals surface area contributed by atoms with Crippen LogP contribution in [0.5, 0.6) is 0 Å². The molecular weight excluding hydrogens is 298 g/mol. The molecule has 2 rings (SSSR count). The number of carbonyl (C=O) groups excluding carboxylic acids is 1. The molecule has 1 fully saturated rings. The first-order chi connectivity index (χ1) is 9.85. The Morgan fingerprint density at radius 1 is 1.19 bits per heavy atom. The molecule has 1 aromatic carbocycles. The lowest BCUT2D eigenvalue weighted by Crippen LogP contribution is -2.46. The Morgan fingerprint density at radius 3 is 2.19 bits per heavy atom. The molecule has 3 N–H and O–H groups in total. The van der Waals surface area contributed by atoms with Crippen molar-refractivity contribution in [2.75, 3.05) is 0 Å². The SMILES string of the molecule is O=C(O)CC(NC(=O)C1(c2ccc(Cl)cc2)CC1)C(=O)O. The Labute approximate surface area is 125 Å². The summed E-state index contributed by atoms with van der Waals surface area (Å²) in [5, 5.41) is 20.5. The van der Waals surface area contributed by atoms with Gasteiger partial charge in [-0.3, -0.25) is 9.59 Å². The Morgan fingerprint density at radius 2 is 1.76 bits per heavy atom. The summed E-state index contributed by atoms with van der Waals surface area (Å²) in [4.78, 5) is 34.0. The number of rotatable bonds is 6. The predicted octanol–water partition coefficient (Wildman–Crippen LogP) is 1.42. The van der Waals surface area contributed by atoms with Gasteiger partial charge in [0.2, 0.25) is 5.91 Å². The van der Waals surface area contributed by atoms with Gasteiger partial charge in [-0.2, -0.15) is 0 Å². The summed E-state index contributed by atoms with van der Waals surface area (Å²) in [6.45, 7) is 0. The van der Waals surface area contributed by atoms with Gasteiger partial charge in [-0.05, 0) is 30.5 Å². The van der Waals surface area contributed by atoms with E-state index in [1.165, 1.54) is 0 Å². The molecule has 7 heteroatoms. The average molecular weight is 312 g/mol. The van der Waals surface area contributed by atoms with E-state index in [9.17, 15) is 14.4 Å². The third-order valence-electron chi connectivity index (χ3n) is 3.56. The Hall–Kier alpha value is -2.08. The van der Waals surface area contributed by atoms with E-state index in [0.717, 1.165) is 5.56 Å². The Bertz CT molecular complexity index is 580. The van der Waals surface area contributed by atoms with Crippen molar-refractivity contribution in [2.24, 2.45) is 0 Å². The first-order valence-electron chi connectivity index (χ1n) is 6.37. The van der Waals surface area contributed by atoms with Crippen molar-refractivity contribution in [1.29, 1.82) is 0 Å². The van der Waals surface area contributed by atoms with Crippen LogP contribution < -0.4 is 5.32 Å². The van der Waals surface area contributed by atoms with E-state index in [2.05, 4.69) is 5.32 Å². The molecule has 21 heavy (non-hydrogen) atoms. The number of carbonyl (C=O) groups is 3. The van der Waals surface area contributed by atoms with Crippen LogP contribution in [-0.2, 0) is 19.8 Å². The molecule has 1 aromatic rings. The highest BCUT2D eigenvalue weighted by Gasteiger charge is 2.52. The van der Waals surface area contributed by atoms with Gasteiger partial charge in [-0.15, -0.1) is 0 Å². The van der Waals surface area contributed by atoms with Crippen molar-refractivity contribution < 1.29 is 24.6 Å². The van der Waals surface area contributed by atoms with E-state index in [1.54, 1.807) is 24.3 Å². The van der Waals surface area contributed by atoms with Crippen LogP contribution in [0.3, 0.4) is 0 Å². The van der Waals surface area contributed by atoms with Crippen molar-refractivity contribution in [3.05, 3.63) is 34.9 Å². The molecule has 1 atom stereocenters. The second-order valence-corrected chi connectivity index (χ2v) is 5.49. The van der Waals surface area contributed by atoms with Gasteiger partial charge in [0.15, 0.2) is 0 Å². The highest BCUT2D eigenvalue weighted by molar-refractivity contribution is 6.30. The summed E-state index contributed by atoms with van der Waals surface area (Å²) in [5.41, 5.74) is -0.0135. The van der Waals surface area contributed by atoms with Crippen LogP contribution >= 0.6 is 11.6 Å². The number of nitrogens with one attached hydrogen (secondary N) is 1. The van der Waals surface area contributed by atoms with E-state index in [1.807, 2.05) is 0 Å². The molecule has 1 aliphatic carbocycles. The van der Waals surface area contributed by atoms with Crippen LogP contribution in [-0.4, -0.2) is 34.1 Å². The quantitative estimate of drug-likeness (QED) is 0.737. The van der Waals surface area contributed by atoms with Crippen molar-refractivity contribution in [2.45, 2.75) is 30.7 Å². The Kier molecular flexibility index (Phi) is 4.18. The van der Waals surface area contributed by atoms with Gasteiger partial charge in [-0.25, -0.2) is 4.79 Å². The fourth-order valence-corrected chi connectivity index (χ4v) is 2.34. The van der Waals surface area contributed by atoms with Gasteiger partial charge in [-0.1, -0.05) is 23.7 Å². The van der Waals surface area contributed by atoms with Gasteiger partial charge in [0.1, 0.15) is 6.04 Å². The highest BCUT2D eigenvalue weighted by Crippen LogP contribution is 2.48. The van der Waals surface area contributed by atoms with Crippen LogP contribution in [0.4, 0.5) is 0 Å². The third kappa shape index (κ3) is 3.33. The first-order valence-corrected chi connectivity index (χ1v) is 6.74. The first kappa shape index (κ1) is 15.3. The number of hydrogen-bond acceptors (Lipinski definition) is 3. The number of carboxylic acids is 2. The molecule has 112 valence electrons. The molecule has 0 heterocycles. The van der Waals surface area contributed by atoms with Gasteiger partial charge in [0, 0.05) is 5.02 Å². The number of amides is 1. The predicted molar refractivity (Wildman–Crippen MR) is 74.2 cm³/mol. The van der Waals surface area contributed by atoms with Crippen molar-refractivity contribution >= 4 is 29.4 Å². The van der Waals surface area contributed by atoms with Crippen molar-refractivity contribution in [3.8, 4) is 0 Å². The van der Waals surface area contributed by atoms with Gasteiger partial charge < -0.3 is 15.5 Å². The number of benzene rings is 1. The van der Waals surface area contributed by atoms with Crippen molar-refractivity contribution in [1.82, 2.24) is 5.32 Å². The maximum atomic E-state index is 12.3. The molecule has 1 aliphatic rings. The molecule has 0 aliphatic heterocycles. The van der Waals surface area contributed by atoms with Crippen LogP contribution in [0.1, 0.15) is 24.8 Å². The van der Waals surface area contributed by atoms with Crippen LogP contribution in [0.15, 0.2) is 24.3 Å². The summed E-state index contributed by atoms with van der Waals surface area (Å²) >= 11 is 5.80. The van der Waals surface area contributed by atoms with E-state index in [4.69, 9.17) is 21.8 Å². The fraction of sp³-hybridized carbons (Fsp3) is 0.357. The van der Waals surface area contributed by atoms with E-state index < -0.39 is 35.7 Å². The zero-order valence-corrected chi connectivity index (χ0v) is 11.8. The minimum Gasteiger partial charge on any atom is -0.481 e. The standard InChI is InChI=1S/C14H14ClNO5/c15-9-3-1-8(2-4-9)14(5-6-14)13(21)16-10(12(19)20)7-11(17)18/h1-4,10H,5-7H2,(H,16,21)(H,17,18)(H,19,20). The molecule has 0 bridgehead atoms. The smallest absolute Gasteiger partial charge is 0.326 e. The molecule has 0 radical (unpaired) electrons. The van der Waals surface area contributed by atoms with E-state index >= 15 is 0 Å². The summed E-state index contributed by atoms with van der Waals surface area (Å²) in [6, 6.07) is 5.34. The lowest BCUT2D eigenvalue weighted by molar-refractivity contribution is -0.147. The number of aliphatic carboxylic acids is 2. The second kappa shape index (κ2) is 5.73. The topological polar surface area (TPSA) is 104 Å². The van der Waals surface area contributed by atoms with Gasteiger partial charge in [0.05, 0.1) is 11.8 Å².